The first-order chi connectivity index (χ1) is 23.8. The lowest BCUT2D eigenvalue weighted by molar-refractivity contribution is -0.186. The van der Waals surface area contributed by atoms with Crippen molar-refractivity contribution in [3.63, 3.8) is 0 Å². The fourth-order valence-corrected chi connectivity index (χ4v) is 6.49. The number of aromatic nitrogens is 1. The van der Waals surface area contributed by atoms with Crippen LogP contribution in [0.2, 0.25) is 5.02 Å². The van der Waals surface area contributed by atoms with E-state index >= 15 is 4.39 Å². The van der Waals surface area contributed by atoms with Crippen LogP contribution in [0.1, 0.15) is 62.6 Å². The SMILES string of the molecule is CC(C)(C)OC(=O)N1C[C@@H](CCc2c(F)cncc2NC(=O)[C@@H](N=[N+]=[N-])[C@@H](c2ccc(Cl)cc2)c2cc(F)cc(F)c2)OC2(CCOCC2)C1. The van der Waals surface area contributed by atoms with Crippen LogP contribution in [-0.2, 0) is 25.4 Å². The molecule has 2 aliphatic heterocycles. The van der Waals surface area contributed by atoms with Crippen LogP contribution in [0.15, 0.2) is 60.0 Å². The Kier molecular flexibility index (Phi) is 11.6. The Morgan fingerprint density at radius 3 is 2.44 bits per heavy atom. The third-order valence-electron chi connectivity index (χ3n) is 8.59. The highest BCUT2D eigenvalue weighted by Crippen LogP contribution is 2.36. The van der Waals surface area contributed by atoms with Crippen molar-refractivity contribution in [3.8, 4) is 0 Å². The number of carbonyl (C=O) groups is 2. The lowest BCUT2D eigenvalue weighted by Crippen LogP contribution is -2.59. The number of benzene rings is 2. The number of morpholine rings is 1. The molecule has 0 aliphatic carbocycles. The molecule has 2 aliphatic rings. The van der Waals surface area contributed by atoms with Gasteiger partial charge in [0.1, 0.15) is 29.1 Å². The zero-order valence-electron chi connectivity index (χ0n) is 27.9. The first-order valence-corrected chi connectivity index (χ1v) is 16.6. The molecule has 2 amide bonds. The average Bonchev–Trinajstić information content (AvgIpc) is 3.04. The average molecular weight is 715 g/mol. The summed E-state index contributed by atoms with van der Waals surface area (Å²) in [7, 11) is 0. The van der Waals surface area contributed by atoms with E-state index in [9.17, 15) is 23.9 Å². The standard InChI is InChI=1S/C35H38ClF3N6O5/c1-34(2,3)50-33(47)45-19-26(49-35(20-45)10-12-48-13-11-35)8-9-27-28(39)17-41-18-29(27)42-32(46)31(43-44-40)30(21-4-6-23(36)7-5-21)22-14-24(37)16-25(38)15-22/h4-7,14-18,26,30-31H,8-13,19-20H2,1-3H3,(H,42,46)/t26-,30+,31+/m1/s1. The molecule has 3 heterocycles. The highest BCUT2D eigenvalue weighted by atomic mass is 35.5. The Bertz CT molecular complexity index is 1730. The van der Waals surface area contributed by atoms with Gasteiger partial charge in [-0.3, -0.25) is 9.78 Å². The van der Waals surface area contributed by atoms with E-state index < -0.39 is 58.7 Å². The molecule has 15 heteroatoms. The smallest absolute Gasteiger partial charge is 0.410 e. The maximum Gasteiger partial charge on any atom is 0.410 e. The van der Waals surface area contributed by atoms with Gasteiger partial charge in [-0.2, -0.15) is 0 Å². The molecule has 0 bridgehead atoms. The fourth-order valence-electron chi connectivity index (χ4n) is 6.36. The number of ether oxygens (including phenoxy) is 3. The molecular weight excluding hydrogens is 677 g/mol. The van der Waals surface area contributed by atoms with Gasteiger partial charge in [-0.1, -0.05) is 28.8 Å². The molecule has 3 aromatic rings. The van der Waals surface area contributed by atoms with E-state index in [2.05, 4.69) is 20.3 Å². The molecule has 2 fully saturated rings. The maximum atomic E-state index is 15.4. The minimum atomic E-state index is -1.57. The Hall–Kier alpha value is -4.36. The van der Waals surface area contributed by atoms with Crippen molar-refractivity contribution in [2.75, 3.05) is 31.6 Å². The van der Waals surface area contributed by atoms with Crippen LogP contribution in [0, 0.1) is 17.5 Å². The van der Waals surface area contributed by atoms with Crippen LogP contribution in [-0.4, -0.2) is 71.5 Å². The molecule has 266 valence electrons. The highest BCUT2D eigenvalue weighted by Gasteiger charge is 2.44. The lowest BCUT2D eigenvalue weighted by atomic mass is 9.84. The quantitative estimate of drug-likeness (QED) is 0.137. The third-order valence-corrected chi connectivity index (χ3v) is 8.84. The fraction of sp³-hybridized carbons (Fsp3) is 0.457. The second kappa shape index (κ2) is 15.7. The van der Waals surface area contributed by atoms with Crippen molar-refractivity contribution in [2.45, 2.75) is 75.7 Å². The van der Waals surface area contributed by atoms with Gasteiger partial charge in [-0.15, -0.1) is 0 Å². The molecule has 1 aromatic heterocycles. The monoisotopic (exact) mass is 714 g/mol. The van der Waals surface area contributed by atoms with Gasteiger partial charge in [0.15, 0.2) is 0 Å². The van der Waals surface area contributed by atoms with Crippen molar-refractivity contribution < 1.29 is 37.0 Å². The summed E-state index contributed by atoms with van der Waals surface area (Å²) in [5.41, 5.74) is 8.65. The normalized spacial score (nSPS) is 18.5. The number of rotatable bonds is 9. The summed E-state index contributed by atoms with van der Waals surface area (Å²) >= 11 is 6.07. The number of nitrogens with one attached hydrogen (secondary N) is 1. The van der Waals surface area contributed by atoms with Crippen LogP contribution in [0.4, 0.5) is 23.7 Å². The zero-order chi connectivity index (χ0) is 36.1. The van der Waals surface area contributed by atoms with Crippen molar-refractivity contribution >= 4 is 29.3 Å². The lowest BCUT2D eigenvalue weighted by Gasteiger charge is -2.48. The van der Waals surface area contributed by atoms with Gasteiger partial charge >= 0.3 is 6.09 Å². The van der Waals surface area contributed by atoms with E-state index in [1.54, 1.807) is 37.8 Å². The van der Waals surface area contributed by atoms with E-state index in [0.29, 0.717) is 49.3 Å². The number of amides is 2. The van der Waals surface area contributed by atoms with Gasteiger partial charge in [0.2, 0.25) is 5.91 Å². The van der Waals surface area contributed by atoms with E-state index in [1.165, 1.54) is 18.3 Å². The minimum absolute atomic E-state index is 0.00834. The number of hydrogen-bond donors (Lipinski definition) is 1. The van der Waals surface area contributed by atoms with Gasteiger partial charge in [0.25, 0.3) is 0 Å². The highest BCUT2D eigenvalue weighted by molar-refractivity contribution is 6.30. The van der Waals surface area contributed by atoms with Gasteiger partial charge in [-0.05, 0) is 74.5 Å². The Morgan fingerprint density at radius 1 is 1.12 bits per heavy atom. The van der Waals surface area contributed by atoms with E-state index in [-0.39, 0.29) is 36.2 Å². The van der Waals surface area contributed by atoms with E-state index in [0.717, 1.165) is 18.3 Å². The van der Waals surface area contributed by atoms with E-state index in [4.69, 9.17) is 25.8 Å². The molecule has 1 N–H and O–H groups in total. The molecule has 2 saturated heterocycles. The minimum Gasteiger partial charge on any atom is -0.444 e. The molecule has 0 unspecified atom stereocenters. The molecule has 0 radical (unpaired) electrons. The molecule has 2 aromatic carbocycles. The summed E-state index contributed by atoms with van der Waals surface area (Å²) in [6.07, 6.45) is 2.77. The largest absolute Gasteiger partial charge is 0.444 e. The summed E-state index contributed by atoms with van der Waals surface area (Å²) in [5.74, 6) is -4.51. The van der Waals surface area contributed by atoms with Gasteiger partial charge in [0, 0.05) is 53.5 Å². The third kappa shape index (κ3) is 9.25. The summed E-state index contributed by atoms with van der Waals surface area (Å²) in [6, 6.07) is 7.35. The first-order valence-electron chi connectivity index (χ1n) is 16.2. The van der Waals surface area contributed by atoms with Crippen molar-refractivity contribution in [1.82, 2.24) is 9.88 Å². The second-order valence-electron chi connectivity index (χ2n) is 13.5. The van der Waals surface area contributed by atoms with Crippen LogP contribution in [0.5, 0.6) is 0 Å². The Morgan fingerprint density at radius 2 is 1.80 bits per heavy atom. The van der Waals surface area contributed by atoms with Crippen LogP contribution >= 0.6 is 11.6 Å². The van der Waals surface area contributed by atoms with Gasteiger partial charge in [-0.25, -0.2) is 18.0 Å². The van der Waals surface area contributed by atoms with Crippen LogP contribution in [0.25, 0.3) is 10.4 Å². The summed E-state index contributed by atoms with van der Waals surface area (Å²) in [4.78, 5) is 35.4. The van der Waals surface area contributed by atoms with Crippen LogP contribution in [0.3, 0.4) is 0 Å². The molecule has 3 atom stereocenters. The first kappa shape index (κ1) is 36.9. The van der Waals surface area contributed by atoms with Gasteiger partial charge in [0.05, 0.1) is 42.9 Å². The topological polar surface area (TPSA) is 139 Å². The molecule has 5 rings (SSSR count). The number of pyridine rings is 1. The molecule has 50 heavy (non-hydrogen) atoms. The maximum absolute atomic E-state index is 15.4. The van der Waals surface area contributed by atoms with Crippen LogP contribution < -0.4 is 5.32 Å². The van der Waals surface area contributed by atoms with Gasteiger partial charge < -0.3 is 24.4 Å². The Balaban J connectivity index is 1.40. The predicted octanol–water partition coefficient (Wildman–Crippen LogP) is 7.72. The number of carbonyl (C=O) groups excluding carboxylic acids is 2. The number of anilines is 1. The molecular formula is C35H38ClF3N6O5. The van der Waals surface area contributed by atoms with Crippen molar-refractivity contribution in [3.05, 3.63) is 104 Å². The molecule has 0 saturated carbocycles. The number of hydrogen-bond acceptors (Lipinski definition) is 7. The van der Waals surface area contributed by atoms with Crippen molar-refractivity contribution in [2.24, 2.45) is 5.11 Å². The summed E-state index contributed by atoms with van der Waals surface area (Å²) in [6.45, 7) is 6.83. The summed E-state index contributed by atoms with van der Waals surface area (Å²) < 4.78 is 62.0. The molecule has 1 spiro atoms. The second-order valence-corrected chi connectivity index (χ2v) is 13.9. The molecule has 11 nitrogen and oxygen atoms in total. The summed E-state index contributed by atoms with van der Waals surface area (Å²) in [5, 5.41) is 6.73. The Labute approximate surface area is 292 Å². The van der Waals surface area contributed by atoms with E-state index in [1.807, 2.05) is 0 Å². The number of halogens is 4. The number of azide groups is 1. The predicted molar refractivity (Wildman–Crippen MR) is 179 cm³/mol. The number of nitrogens with zero attached hydrogens (tertiary/aromatic N) is 5. The zero-order valence-corrected chi connectivity index (χ0v) is 28.6. The van der Waals surface area contributed by atoms with Crippen molar-refractivity contribution in [1.29, 1.82) is 0 Å².